The molecule has 0 saturated carbocycles. The Morgan fingerprint density at radius 2 is 2.00 bits per heavy atom. The maximum atomic E-state index is 5.41. The number of halogens is 1. The van der Waals surface area contributed by atoms with Gasteiger partial charge in [0, 0.05) is 46.9 Å². The Hall–Kier alpha value is -1.91. The third-order valence-corrected chi connectivity index (χ3v) is 8.46. The van der Waals surface area contributed by atoms with Crippen LogP contribution in [0.2, 0.25) is 0 Å². The number of hydrogen-bond acceptors (Lipinski definition) is 3. The maximum Gasteiger partial charge on any atom is 0.0735 e. The van der Waals surface area contributed by atoms with Gasteiger partial charge < -0.3 is 4.90 Å². The van der Waals surface area contributed by atoms with Crippen molar-refractivity contribution < 1.29 is 0 Å². The van der Waals surface area contributed by atoms with E-state index in [1.54, 1.807) is 0 Å². The van der Waals surface area contributed by atoms with Crippen molar-refractivity contribution in [2.75, 3.05) is 32.1 Å². The molecule has 0 bridgehead atoms. The molecule has 1 saturated heterocycles. The monoisotopic (exact) mass is 505 g/mol. The van der Waals surface area contributed by atoms with Crippen molar-refractivity contribution in [3.05, 3.63) is 75.3 Å². The molecular weight excluding hydrogens is 470 g/mol. The van der Waals surface area contributed by atoms with Gasteiger partial charge in [0.1, 0.15) is 0 Å². The number of anilines is 1. The minimum atomic E-state index is -0.0586. The largest absolute Gasteiger partial charge is 0.378 e. The first-order valence-electron chi connectivity index (χ1n) is 12.4. The third kappa shape index (κ3) is 4.00. The van der Waals surface area contributed by atoms with Crippen LogP contribution >= 0.6 is 15.9 Å². The first kappa shape index (κ1) is 22.9. The summed E-state index contributed by atoms with van der Waals surface area (Å²) >= 11 is 3.67. The molecule has 4 aliphatic rings. The van der Waals surface area contributed by atoms with Crippen molar-refractivity contribution in [2.45, 2.75) is 57.5 Å². The van der Waals surface area contributed by atoms with Gasteiger partial charge in [0.2, 0.25) is 0 Å². The Morgan fingerprint density at radius 1 is 1.18 bits per heavy atom. The number of nitrogens with zero attached hydrogens (tertiary/aromatic N) is 3. The van der Waals surface area contributed by atoms with Gasteiger partial charge in [0.25, 0.3) is 0 Å². The van der Waals surface area contributed by atoms with Gasteiger partial charge >= 0.3 is 0 Å². The summed E-state index contributed by atoms with van der Waals surface area (Å²) in [4.78, 5) is 10.3. The molecule has 33 heavy (non-hydrogen) atoms. The molecule has 5 rings (SSSR count). The van der Waals surface area contributed by atoms with E-state index in [0.29, 0.717) is 12.0 Å². The number of aliphatic imine (C=N–C) groups is 1. The average Bonchev–Trinajstić information content (AvgIpc) is 2.80. The summed E-state index contributed by atoms with van der Waals surface area (Å²) in [6, 6.07) is 7.62. The van der Waals surface area contributed by atoms with Crippen LogP contribution in [0.1, 0.15) is 51.2 Å². The third-order valence-electron chi connectivity index (χ3n) is 7.94. The molecule has 3 unspecified atom stereocenters. The molecule has 0 amide bonds. The van der Waals surface area contributed by atoms with Crippen molar-refractivity contribution in [3.63, 3.8) is 0 Å². The normalized spacial score (nSPS) is 29.5. The number of hydrogen-bond donors (Lipinski definition) is 0. The van der Waals surface area contributed by atoms with Crippen molar-refractivity contribution in [1.29, 1.82) is 0 Å². The van der Waals surface area contributed by atoms with Gasteiger partial charge in [-0.25, -0.2) is 0 Å². The van der Waals surface area contributed by atoms with Crippen molar-refractivity contribution in [2.24, 2.45) is 10.9 Å². The summed E-state index contributed by atoms with van der Waals surface area (Å²) in [5.41, 5.74) is 7.90. The van der Waals surface area contributed by atoms with Crippen LogP contribution in [0.25, 0.3) is 0 Å². The van der Waals surface area contributed by atoms with Crippen LogP contribution in [0.4, 0.5) is 5.69 Å². The number of likely N-dealkylation sites (N-methyl/N-ethyl adjacent to an activating group) is 1. The second-order valence-electron chi connectivity index (χ2n) is 10.6. The molecule has 1 aromatic rings. The summed E-state index contributed by atoms with van der Waals surface area (Å²) in [6.07, 6.45) is 15.3. The summed E-state index contributed by atoms with van der Waals surface area (Å²) in [7, 11) is 4.25. The molecular formula is C29H36BrN3. The molecule has 174 valence electrons. The van der Waals surface area contributed by atoms with Crippen LogP contribution in [0.3, 0.4) is 0 Å². The van der Waals surface area contributed by atoms with Crippen LogP contribution < -0.4 is 4.90 Å². The highest BCUT2D eigenvalue weighted by Crippen LogP contribution is 2.49. The van der Waals surface area contributed by atoms with Crippen LogP contribution in [-0.4, -0.2) is 49.9 Å². The van der Waals surface area contributed by atoms with Crippen molar-refractivity contribution >= 4 is 27.3 Å². The molecule has 0 radical (unpaired) electrons. The molecule has 1 fully saturated rings. The fourth-order valence-corrected chi connectivity index (χ4v) is 6.55. The zero-order valence-electron chi connectivity index (χ0n) is 20.6. The summed E-state index contributed by atoms with van der Waals surface area (Å²) in [5, 5.41) is 0. The quantitative estimate of drug-likeness (QED) is 0.472. The van der Waals surface area contributed by atoms with Crippen molar-refractivity contribution in [1.82, 2.24) is 4.90 Å². The van der Waals surface area contributed by atoms with E-state index in [4.69, 9.17) is 4.99 Å². The lowest BCUT2D eigenvalue weighted by Crippen LogP contribution is -2.47. The lowest BCUT2D eigenvalue weighted by Gasteiger charge is -2.46. The first-order valence-corrected chi connectivity index (χ1v) is 13.2. The Morgan fingerprint density at radius 3 is 2.73 bits per heavy atom. The number of allylic oxidation sites excluding steroid dienone is 4. The van der Waals surface area contributed by atoms with Gasteiger partial charge in [0.05, 0.1) is 11.8 Å². The minimum Gasteiger partial charge on any atom is -0.378 e. The molecule has 1 aliphatic heterocycles. The Bertz CT molecular complexity index is 1100. The lowest BCUT2D eigenvalue weighted by atomic mass is 9.62. The highest BCUT2D eigenvalue weighted by molar-refractivity contribution is 9.11. The van der Waals surface area contributed by atoms with Gasteiger partial charge in [-0.2, -0.15) is 0 Å². The van der Waals surface area contributed by atoms with Gasteiger partial charge in [0.15, 0.2) is 0 Å². The molecule has 3 atom stereocenters. The fourth-order valence-electron chi connectivity index (χ4n) is 6.06. The highest BCUT2D eigenvalue weighted by Gasteiger charge is 2.43. The molecule has 0 aromatic heterocycles. The van der Waals surface area contributed by atoms with Crippen molar-refractivity contribution in [3.8, 4) is 0 Å². The van der Waals surface area contributed by atoms with E-state index in [1.807, 2.05) is 0 Å². The van der Waals surface area contributed by atoms with Gasteiger partial charge in [-0.15, -0.1) is 0 Å². The first-order chi connectivity index (χ1) is 15.8. The van der Waals surface area contributed by atoms with Gasteiger partial charge in [-0.3, -0.25) is 9.89 Å². The standard InChI is InChI=1S/C29H36BrN3/c1-6-33-14-8-9-19-15-24-26(18-27(19)33)29(2,3)25-17-22(32(4)5)12-13-23(25)28(24)31-21-11-7-10-20(30)16-21/h7,10,12-13,15-19,21,27H,6,8-9,11,14H2,1-5H3. The van der Waals surface area contributed by atoms with Gasteiger partial charge in [-0.05, 0) is 67.6 Å². The molecule has 4 heteroatoms. The summed E-state index contributed by atoms with van der Waals surface area (Å²) in [6.45, 7) is 9.44. The molecule has 1 aromatic carbocycles. The summed E-state index contributed by atoms with van der Waals surface area (Å²) < 4.78 is 1.13. The second kappa shape index (κ2) is 8.70. The topological polar surface area (TPSA) is 18.8 Å². The molecule has 0 N–H and O–H groups in total. The van der Waals surface area contributed by atoms with E-state index in [2.05, 4.69) is 109 Å². The Kier molecular flexibility index (Phi) is 6.03. The van der Waals surface area contributed by atoms with E-state index < -0.39 is 0 Å². The van der Waals surface area contributed by atoms with Crippen LogP contribution in [0, 0.1) is 5.92 Å². The Labute approximate surface area is 207 Å². The molecule has 0 spiro atoms. The predicted molar refractivity (Wildman–Crippen MR) is 145 cm³/mol. The number of likely N-dealkylation sites (tertiary alicyclic amines) is 1. The summed E-state index contributed by atoms with van der Waals surface area (Å²) in [5.74, 6) is 0.578. The predicted octanol–water partition coefficient (Wildman–Crippen LogP) is 6.41. The SMILES string of the molecule is CCN1CCCC2C=C3C(=CC21)C(C)(C)c1cc(N(C)C)ccc1C3=NC1C=C(Br)C=CC1. The zero-order valence-corrected chi connectivity index (χ0v) is 22.2. The zero-order chi connectivity index (χ0) is 23.3. The van der Waals surface area contributed by atoms with Crippen LogP contribution in [0.15, 0.2) is 69.2 Å². The highest BCUT2D eigenvalue weighted by atomic mass is 79.9. The minimum absolute atomic E-state index is 0.0586. The number of benzene rings is 1. The van der Waals surface area contributed by atoms with E-state index in [-0.39, 0.29) is 11.5 Å². The van der Waals surface area contributed by atoms with Gasteiger partial charge in [-0.1, -0.05) is 67.1 Å². The van der Waals surface area contributed by atoms with E-state index in [9.17, 15) is 0 Å². The fraction of sp³-hybridized carbons (Fsp3) is 0.483. The average molecular weight is 507 g/mol. The molecule has 3 nitrogen and oxygen atoms in total. The molecule has 3 aliphatic carbocycles. The second-order valence-corrected chi connectivity index (χ2v) is 11.5. The van der Waals surface area contributed by atoms with Crippen LogP contribution in [-0.2, 0) is 5.41 Å². The maximum absolute atomic E-state index is 5.41. The number of piperidine rings is 1. The van der Waals surface area contributed by atoms with Crippen LogP contribution in [0.5, 0.6) is 0 Å². The van der Waals surface area contributed by atoms with E-state index >= 15 is 0 Å². The van der Waals surface area contributed by atoms with E-state index in [0.717, 1.165) is 17.4 Å². The number of fused-ring (bicyclic) bond motifs is 3. The van der Waals surface area contributed by atoms with E-state index in [1.165, 1.54) is 53.1 Å². The number of rotatable bonds is 3. The lowest BCUT2D eigenvalue weighted by molar-refractivity contribution is 0.150. The Balaban J connectivity index is 1.71. The molecule has 1 heterocycles. The smallest absolute Gasteiger partial charge is 0.0735 e.